The van der Waals surface area contributed by atoms with Crippen LogP contribution in [-0.2, 0) is 14.6 Å². The molecule has 3 rings (SSSR count). The zero-order valence-corrected chi connectivity index (χ0v) is 14.3. The maximum Gasteiger partial charge on any atom is 0.225 e. The summed E-state index contributed by atoms with van der Waals surface area (Å²) in [5.74, 6) is 0.499. The smallest absolute Gasteiger partial charge is 0.225 e. The van der Waals surface area contributed by atoms with Crippen LogP contribution in [0.2, 0.25) is 5.28 Å². The van der Waals surface area contributed by atoms with Gasteiger partial charge in [-0.25, -0.2) is 18.4 Å². The van der Waals surface area contributed by atoms with Crippen molar-refractivity contribution in [1.29, 1.82) is 0 Å². The first-order valence-electron chi connectivity index (χ1n) is 6.92. The molecule has 11 heteroatoms. The number of halogens is 1. The first kappa shape index (κ1) is 16.5. The average molecular weight is 376 g/mol. The molecule has 1 saturated heterocycles. The highest BCUT2D eigenvalue weighted by Gasteiger charge is 2.28. The van der Waals surface area contributed by atoms with Crippen molar-refractivity contribution in [3.05, 3.63) is 11.6 Å². The zero-order valence-electron chi connectivity index (χ0n) is 12.0. The van der Waals surface area contributed by atoms with E-state index in [2.05, 4.69) is 25.3 Å². The minimum absolute atomic E-state index is 0.0299. The summed E-state index contributed by atoms with van der Waals surface area (Å²) in [6, 6.07) is -0.273. The third-order valence-corrected chi connectivity index (χ3v) is 6.30. The van der Waals surface area contributed by atoms with Gasteiger partial charge in [0.15, 0.2) is 15.5 Å². The Morgan fingerprint density at radius 1 is 1.48 bits per heavy atom. The van der Waals surface area contributed by atoms with Gasteiger partial charge in [-0.3, -0.25) is 4.79 Å². The van der Waals surface area contributed by atoms with Crippen molar-refractivity contribution >= 4 is 50.3 Å². The fraction of sp³-hybridized carbons (Fsp3) is 0.500. The number of fused-ring (bicyclic) bond motifs is 1. The standard InChI is InChI=1S/C12H14ClN5O3S2/c13-12-17-10-9(14-6-15-10)11(18-12)22-3-1-8(19)16-7-2-4-23(20,21)5-7/h6-7H,1-5H2,(H,16,19)(H,14,15,17,18). The summed E-state index contributed by atoms with van der Waals surface area (Å²) in [4.78, 5) is 27.0. The topological polar surface area (TPSA) is 118 Å². The predicted molar refractivity (Wildman–Crippen MR) is 87.2 cm³/mol. The van der Waals surface area contributed by atoms with Gasteiger partial charge in [0.05, 0.1) is 17.8 Å². The number of H-pyrrole nitrogens is 1. The molecule has 8 nitrogen and oxygen atoms in total. The van der Waals surface area contributed by atoms with Crippen LogP contribution in [0.1, 0.15) is 12.8 Å². The number of thioether (sulfide) groups is 1. The van der Waals surface area contributed by atoms with Crippen molar-refractivity contribution in [3.8, 4) is 0 Å². The number of nitrogens with zero attached hydrogens (tertiary/aromatic N) is 3. The zero-order chi connectivity index (χ0) is 16.4. The Hall–Kier alpha value is -1.39. The molecule has 0 radical (unpaired) electrons. The molecule has 1 aliphatic rings. The Kier molecular flexibility index (Phi) is 4.74. The van der Waals surface area contributed by atoms with E-state index in [4.69, 9.17) is 11.6 Å². The summed E-state index contributed by atoms with van der Waals surface area (Å²) in [6.45, 7) is 0. The third-order valence-electron chi connectivity index (χ3n) is 3.39. The van der Waals surface area contributed by atoms with Crippen molar-refractivity contribution in [1.82, 2.24) is 25.3 Å². The molecule has 3 heterocycles. The molecule has 1 amide bonds. The van der Waals surface area contributed by atoms with E-state index in [1.54, 1.807) is 0 Å². The van der Waals surface area contributed by atoms with E-state index in [-0.39, 0.29) is 35.2 Å². The molecule has 1 atom stereocenters. The SMILES string of the molecule is O=C(CCSc1nc(Cl)nc2nc[nH]c12)NC1CCS(=O)(=O)C1. The minimum Gasteiger partial charge on any atom is -0.352 e. The summed E-state index contributed by atoms with van der Waals surface area (Å²) in [6.07, 6.45) is 2.25. The highest BCUT2D eigenvalue weighted by Crippen LogP contribution is 2.24. The number of hydrogen-bond donors (Lipinski definition) is 2. The molecule has 2 aromatic heterocycles. The number of rotatable bonds is 5. The van der Waals surface area contributed by atoms with E-state index in [1.807, 2.05) is 0 Å². The quantitative estimate of drug-likeness (QED) is 0.450. The van der Waals surface area contributed by atoms with Gasteiger partial charge in [-0.05, 0) is 18.0 Å². The first-order valence-corrected chi connectivity index (χ1v) is 10.1. The molecular formula is C12H14ClN5O3S2. The third kappa shape index (κ3) is 4.12. The molecule has 2 aromatic rings. The van der Waals surface area contributed by atoms with Gasteiger partial charge in [0, 0.05) is 18.2 Å². The fourth-order valence-electron chi connectivity index (χ4n) is 2.33. The molecule has 1 unspecified atom stereocenters. The minimum atomic E-state index is -2.99. The lowest BCUT2D eigenvalue weighted by molar-refractivity contribution is -0.121. The van der Waals surface area contributed by atoms with Crippen molar-refractivity contribution < 1.29 is 13.2 Å². The lowest BCUT2D eigenvalue weighted by Gasteiger charge is -2.10. The molecule has 1 aliphatic heterocycles. The second kappa shape index (κ2) is 6.62. The molecular weight excluding hydrogens is 362 g/mol. The fourth-order valence-corrected chi connectivity index (χ4v) is 5.15. The number of nitrogens with one attached hydrogen (secondary N) is 2. The first-order chi connectivity index (χ1) is 10.9. The van der Waals surface area contributed by atoms with Crippen molar-refractivity contribution in [2.75, 3.05) is 17.3 Å². The Balaban J connectivity index is 1.53. The molecule has 0 bridgehead atoms. The lowest BCUT2D eigenvalue weighted by Crippen LogP contribution is -2.35. The molecule has 124 valence electrons. The van der Waals surface area contributed by atoms with E-state index in [0.717, 1.165) is 0 Å². The van der Waals surface area contributed by atoms with E-state index < -0.39 is 9.84 Å². The Morgan fingerprint density at radius 3 is 3.04 bits per heavy atom. The molecule has 1 fully saturated rings. The number of carbonyl (C=O) groups is 1. The monoisotopic (exact) mass is 375 g/mol. The van der Waals surface area contributed by atoms with Crippen molar-refractivity contribution in [3.63, 3.8) is 0 Å². The van der Waals surface area contributed by atoms with Crippen molar-refractivity contribution in [2.24, 2.45) is 0 Å². The number of amides is 1. The number of aromatic nitrogens is 4. The van der Waals surface area contributed by atoms with Crippen LogP contribution in [0.4, 0.5) is 0 Å². The van der Waals surface area contributed by atoms with E-state index in [1.165, 1.54) is 18.1 Å². The van der Waals surface area contributed by atoms with Gasteiger partial charge >= 0.3 is 0 Å². The van der Waals surface area contributed by atoms with Crippen LogP contribution in [0.25, 0.3) is 11.2 Å². The van der Waals surface area contributed by atoms with Gasteiger partial charge in [0.1, 0.15) is 10.5 Å². The largest absolute Gasteiger partial charge is 0.352 e. The Labute approximate surface area is 141 Å². The van der Waals surface area contributed by atoms with Crippen LogP contribution >= 0.6 is 23.4 Å². The molecule has 23 heavy (non-hydrogen) atoms. The summed E-state index contributed by atoms with van der Waals surface area (Å²) >= 11 is 7.21. The molecule has 2 N–H and O–H groups in total. The highest BCUT2D eigenvalue weighted by molar-refractivity contribution is 7.99. The van der Waals surface area contributed by atoms with Gasteiger partial charge in [0.25, 0.3) is 0 Å². The number of aromatic amines is 1. The van der Waals surface area contributed by atoms with E-state index in [0.29, 0.717) is 28.4 Å². The van der Waals surface area contributed by atoms with Crippen LogP contribution in [-0.4, -0.2) is 57.6 Å². The van der Waals surface area contributed by atoms with E-state index in [9.17, 15) is 13.2 Å². The second-order valence-corrected chi connectivity index (χ2v) is 8.82. The van der Waals surface area contributed by atoms with Gasteiger partial charge in [-0.15, -0.1) is 11.8 Å². The molecule has 0 saturated carbocycles. The lowest BCUT2D eigenvalue weighted by atomic mass is 10.2. The Bertz CT molecular complexity index is 838. The number of carbonyl (C=O) groups excluding carboxylic acids is 1. The van der Waals surface area contributed by atoms with Crippen LogP contribution < -0.4 is 5.32 Å². The molecule has 0 spiro atoms. The second-order valence-electron chi connectivity index (χ2n) is 5.16. The average Bonchev–Trinajstić information content (AvgIpc) is 3.04. The summed E-state index contributed by atoms with van der Waals surface area (Å²) < 4.78 is 22.7. The number of sulfone groups is 1. The summed E-state index contributed by atoms with van der Waals surface area (Å²) in [5, 5.41) is 3.49. The maximum atomic E-state index is 11.9. The van der Waals surface area contributed by atoms with Gasteiger partial charge in [0.2, 0.25) is 11.2 Å². The van der Waals surface area contributed by atoms with Crippen LogP contribution in [0.3, 0.4) is 0 Å². The predicted octanol–water partition coefficient (Wildman–Crippen LogP) is 0.792. The van der Waals surface area contributed by atoms with Gasteiger partial charge in [-0.1, -0.05) is 0 Å². The highest BCUT2D eigenvalue weighted by atomic mass is 35.5. The molecule has 0 aliphatic carbocycles. The van der Waals surface area contributed by atoms with E-state index >= 15 is 0 Å². The van der Waals surface area contributed by atoms with Crippen LogP contribution in [0.5, 0.6) is 0 Å². The number of imidazole rings is 1. The maximum absolute atomic E-state index is 11.9. The van der Waals surface area contributed by atoms with Crippen LogP contribution in [0, 0.1) is 0 Å². The summed E-state index contributed by atoms with van der Waals surface area (Å²) in [5.41, 5.74) is 1.16. The normalized spacial score (nSPS) is 20.0. The Morgan fingerprint density at radius 2 is 2.30 bits per heavy atom. The number of hydrogen-bond acceptors (Lipinski definition) is 7. The van der Waals surface area contributed by atoms with Crippen molar-refractivity contribution in [2.45, 2.75) is 23.9 Å². The van der Waals surface area contributed by atoms with Gasteiger partial charge in [-0.2, -0.15) is 4.98 Å². The summed E-state index contributed by atoms with van der Waals surface area (Å²) in [7, 11) is -2.99. The molecule has 0 aromatic carbocycles. The van der Waals surface area contributed by atoms with Gasteiger partial charge < -0.3 is 10.3 Å². The van der Waals surface area contributed by atoms with Crippen LogP contribution in [0.15, 0.2) is 11.4 Å².